The van der Waals surface area contributed by atoms with Crippen molar-refractivity contribution in [1.29, 1.82) is 0 Å². The molecule has 0 aliphatic carbocycles. The zero-order valence-corrected chi connectivity index (χ0v) is 18.7. The molecule has 3 aromatic rings. The number of sulfonamides is 1. The molecule has 6 nitrogen and oxygen atoms in total. The van der Waals surface area contributed by atoms with Gasteiger partial charge in [0.25, 0.3) is 10.0 Å². The van der Waals surface area contributed by atoms with Gasteiger partial charge in [-0.1, -0.05) is 42.0 Å². The van der Waals surface area contributed by atoms with Crippen LogP contribution in [0, 0.1) is 6.92 Å². The van der Waals surface area contributed by atoms with E-state index in [1.54, 1.807) is 48.4 Å². The zero-order chi connectivity index (χ0) is 22.0. The lowest BCUT2D eigenvalue weighted by Gasteiger charge is -2.26. The molecular formula is C23H22N2O4S2. The number of anilines is 2. The summed E-state index contributed by atoms with van der Waals surface area (Å²) in [6.45, 7) is 1.91. The molecular weight excluding hydrogens is 432 g/mol. The number of nitrogens with zero attached hydrogens (tertiary/aromatic N) is 1. The van der Waals surface area contributed by atoms with Crippen molar-refractivity contribution in [3.8, 4) is 5.75 Å². The maximum Gasteiger partial charge on any atom is 0.261 e. The second-order valence-corrected chi connectivity index (χ2v) is 9.89. The Morgan fingerprint density at radius 3 is 2.35 bits per heavy atom. The van der Waals surface area contributed by atoms with Crippen LogP contribution in [0.1, 0.15) is 16.5 Å². The maximum atomic E-state index is 12.6. The molecule has 0 aromatic heterocycles. The van der Waals surface area contributed by atoms with Crippen LogP contribution in [-0.2, 0) is 14.8 Å². The number of hydrogen-bond acceptors (Lipinski definition) is 5. The van der Waals surface area contributed by atoms with Gasteiger partial charge in [0.1, 0.15) is 11.1 Å². The van der Waals surface area contributed by atoms with E-state index in [2.05, 4.69) is 4.72 Å². The third kappa shape index (κ3) is 4.40. The van der Waals surface area contributed by atoms with E-state index in [9.17, 15) is 13.2 Å². The highest BCUT2D eigenvalue weighted by atomic mass is 32.2. The van der Waals surface area contributed by atoms with Gasteiger partial charge in [0.2, 0.25) is 5.91 Å². The average Bonchev–Trinajstić information content (AvgIpc) is 3.15. The number of hydrogen-bond donors (Lipinski definition) is 1. The molecule has 0 saturated carbocycles. The maximum absolute atomic E-state index is 12.6. The number of methoxy groups -OCH3 is 1. The molecule has 31 heavy (non-hydrogen) atoms. The van der Waals surface area contributed by atoms with Crippen LogP contribution in [0.4, 0.5) is 11.4 Å². The van der Waals surface area contributed by atoms with Gasteiger partial charge in [-0.3, -0.25) is 14.4 Å². The van der Waals surface area contributed by atoms with Gasteiger partial charge < -0.3 is 4.74 Å². The summed E-state index contributed by atoms with van der Waals surface area (Å²) in [4.78, 5) is 14.6. The Morgan fingerprint density at radius 2 is 1.68 bits per heavy atom. The number of ether oxygens (including phenoxy) is 1. The number of aryl methyl sites for hydroxylation is 1. The molecule has 1 fully saturated rings. The van der Waals surface area contributed by atoms with Crippen molar-refractivity contribution < 1.29 is 17.9 Å². The number of amides is 1. The Kier molecular flexibility index (Phi) is 5.93. The molecule has 1 saturated heterocycles. The minimum Gasteiger partial charge on any atom is -0.495 e. The summed E-state index contributed by atoms with van der Waals surface area (Å²) < 4.78 is 33.3. The van der Waals surface area contributed by atoms with Gasteiger partial charge in [0.05, 0.1) is 23.4 Å². The summed E-state index contributed by atoms with van der Waals surface area (Å²) in [7, 11) is -2.09. The summed E-state index contributed by atoms with van der Waals surface area (Å²) in [5, 5.41) is -0.216. The largest absolute Gasteiger partial charge is 0.495 e. The number of para-hydroxylation sites is 2. The third-order valence-electron chi connectivity index (χ3n) is 4.99. The fourth-order valence-corrected chi connectivity index (χ4v) is 5.64. The summed E-state index contributed by atoms with van der Waals surface area (Å²) in [6.07, 6.45) is 0. The lowest BCUT2D eigenvalue weighted by molar-refractivity contribution is -0.115. The van der Waals surface area contributed by atoms with Crippen molar-refractivity contribution in [3.63, 3.8) is 0 Å². The fraction of sp³-hybridized carbons (Fsp3) is 0.174. The van der Waals surface area contributed by atoms with E-state index < -0.39 is 10.0 Å². The second-order valence-electron chi connectivity index (χ2n) is 7.14. The van der Waals surface area contributed by atoms with E-state index in [4.69, 9.17) is 4.74 Å². The molecule has 8 heteroatoms. The van der Waals surface area contributed by atoms with Crippen molar-refractivity contribution in [2.45, 2.75) is 17.2 Å². The zero-order valence-electron chi connectivity index (χ0n) is 17.1. The smallest absolute Gasteiger partial charge is 0.261 e. The summed E-state index contributed by atoms with van der Waals surface area (Å²) in [5.41, 5.74) is 3.07. The molecule has 3 aromatic carbocycles. The molecule has 1 N–H and O–H groups in total. The van der Waals surface area contributed by atoms with Crippen LogP contribution in [0.2, 0.25) is 0 Å². The van der Waals surface area contributed by atoms with Crippen molar-refractivity contribution >= 4 is 39.1 Å². The van der Waals surface area contributed by atoms with E-state index in [1.165, 1.54) is 11.8 Å². The van der Waals surface area contributed by atoms with Crippen LogP contribution < -0.4 is 14.4 Å². The number of carbonyl (C=O) groups is 1. The standard InChI is InChI=1S/C23H22N2O4S2/c1-16-7-13-19(14-8-16)31(27,28)24-18-11-9-17(10-12-18)23-25(22(26)15-30-23)20-5-3-4-6-21(20)29-2/h3-14,23-24H,15H2,1-2H3. The van der Waals surface area contributed by atoms with Gasteiger partial charge in [-0.15, -0.1) is 11.8 Å². The Morgan fingerprint density at radius 1 is 1.00 bits per heavy atom. The van der Waals surface area contributed by atoms with Gasteiger partial charge in [0, 0.05) is 5.69 Å². The molecule has 1 amide bonds. The molecule has 1 aliphatic heterocycles. The van der Waals surface area contributed by atoms with Crippen molar-refractivity contribution in [2.75, 3.05) is 22.5 Å². The highest BCUT2D eigenvalue weighted by Gasteiger charge is 2.35. The predicted octanol–water partition coefficient (Wildman–Crippen LogP) is 4.58. The topological polar surface area (TPSA) is 75.7 Å². The Hall–Kier alpha value is -2.97. The monoisotopic (exact) mass is 454 g/mol. The van der Waals surface area contributed by atoms with Gasteiger partial charge in [0.15, 0.2) is 0 Å². The Balaban J connectivity index is 1.57. The minimum absolute atomic E-state index is 0.00338. The van der Waals surface area contributed by atoms with Crippen LogP contribution in [0.25, 0.3) is 0 Å². The first-order chi connectivity index (χ1) is 14.9. The van der Waals surface area contributed by atoms with Crippen molar-refractivity contribution in [3.05, 3.63) is 83.9 Å². The van der Waals surface area contributed by atoms with Crippen LogP contribution in [0.5, 0.6) is 5.75 Å². The van der Waals surface area contributed by atoms with Crippen LogP contribution >= 0.6 is 11.8 Å². The molecule has 4 rings (SSSR count). The molecule has 0 spiro atoms. The van der Waals surface area contributed by atoms with Gasteiger partial charge in [-0.25, -0.2) is 8.42 Å². The van der Waals surface area contributed by atoms with Gasteiger partial charge in [-0.2, -0.15) is 0 Å². The highest BCUT2D eigenvalue weighted by molar-refractivity contribution is 8.00. The Labute approximate surface area is 186 Å². The van der Waals surface area contributed by atoms with Crippen molar-refractivity contribution in [1.82, 2.24) is 0 Å². The SMILES string of the molecule is COc1ccccc1N1C(=O)CSC1c1ccc(NS(=O)(=O)c2ccc(C)cc2)cc1. The number of benzene rings is 3. The first-order valence-corrected chi connectivity index (χ1v) is 12.2. The molecule has 160 valence electrons. The fourth-order valence-electron chi connectivity index (χ4n) is 3.41. The molecule has 0 radical (unpaired) electrons. The van der Waals surface area contributed by atoms with E-state index in [0.717, 1.165) is 11.1 Å². The van der Waals surface area contributed by atoms with Gasteiger partial charge in [-0.05, 0) is 48.9 Å². The summed E-state index contributed by atoms with van der Waals surface area (Å²) in [5.74, 6) is 0.999. The lowest BCUT2D eigenvalue weighted by atomic mass is 10.1. The first kappa shape index (κ1) is 21.3. The molecule has 1 heterocycles. The van der Waals surface area contributed by atoms with E-state index >= 15 is 0 Å². The predicted molar refractivity (Wildman–Crippen MR) is 124 cm³/mol. The number of carbonyl (C=O) groups excluding carboxylic acids is 1. The molecule has 1 unspecified atom stereocenters. The normalized spacial score (nSPS) is 16.4. The minimum atomic E-state index is -3.67. The highest BCUT2D eigenvalue weighted by Crippen LogP contribution is 2.44. The van der Waals surface area contributed by atoms with Crippen LogP contribution in [0.3, 0.4) is 0 Å². The summed E-state index contributed by atoms with van der Waals surface area (Å²) >= 11 is 1.53. The van der Waals surface area contributed by atoms with Crippen LogP contribution in [0.15, 0.2) is 77.7 Å². The van der Waals surface area contributed by atoms with E-state index in [0.29, 0.717) is 22.9 Å². The number of rotatable bonds is 6. The lowest BCUT2D eigenvalue weighted by Crippen LogP contribution is -2.28. The number of nitrogens with one attached hydrogen (secondary N) is 1. The molecule has 1 aliphatic rings. The quantitative estimate of drug-likeness (QED) is 0.590. The second kappa shape index (κ2) is 8.64. The van der Waals surface area contributed by atoms with E-state index in [1.807, 2.05) is 43.3 Å². The van der Waals surface area contributed by atoms with Crippen molar-refractivity contribution in [2.24, 2.45) is 0 Å². The third-order valence-corrected chi connectivity index (χ3v) is 7.60. The first-order valence-electron chi connectivity index (χ1n) is 9.65. The number of thioether (sulfide) groups is 1. The van der Waals surface area contributed by atoms with E-state index in [-0.39, 0.29) is 16.2 Å². The molecule has 1 atom stereocenters. The Bertz CT molecular complexity index is 1190. The average molecular weight is 455 g/mol. The summed E-state index contributed by atoms with van der Waals surface area (Å²) in [6, 6.07) is 21.2. The van der Waals surface area contributed by atoms with Gasteiger partial charge >= 0.3 is 0 Å². The molecule has 0 bridgehead atoms. The van der Waals surface area contributed by atoms with Crippen LogP contribution in [-0.4, -0.2) is 27.2 Å².